The van der Waals surface area contributed by atoms with Crippen LogP contribution in [0.1, 0.15) is 16.8 Å². The summed E-state index contributed by atoms with van der Waals surface area (Å²) in [4.78, 5) is 5.74. The van der Waals surface area contributed by atoms with Crippen LogP contribution in [0, 0.1) is 13.8 Å². The van der Waals surface area contributed by atoms with Crippen molar-refractivity contribution in [2.45, 2.75) is 30.3 Å². The zero-order chi connectivity index (χ0) is 12.3. The third-order valence-electron chi connectivity index (χ3n) is 2.54. The number of nitrogens with zero attached hydrogens (tertiary/aromatic N) is 1. The van der Waals surface area contributed by atoms with Crippen LogP contribution in [0.5, 0.6) is 0 Å². The first kappa shape index (κ1) is 12.1. The fourth-order valence-electron chi connectivity index (χ4n) is 1.65. The maximum Gasteiger partial charge on any atom is 0.101 e. The second kappa shape index (κ2) is 5.34. The van der Waals surface area contributed by atoms with Gasteiger partial charge in [0.25, 0.3) is 0 Å². The van der Waals surface area contributed by atoms with Crippen molar-refractivity contribution < 1.29 is 0 Å². The van der Waals surface area contributed by atoms with Gasteiger partial charge in [0.15, 0.2) is 0 Å². The van der Waals surface area contributed by atoms with Crippen LogP contribution in [0.4, 0.5) is 0 Å². The highest BCUT2D eigenvalue weighted by atomic mass is 32.2. The second-order valence-electron chi connectivity index (χ2n) is 4.04. The smallest absolute Gasteiger partial charge is 0.101 e. The molecule has 2 aromatic rings. The summed E-state index contributed by atoms with van der Waals surface area (Å²) in [6.45, 7) is 4.72. The van der Waals surface area contributed by atoms with E-state index in [4.69, 9.17) is 5.73 Å². The Morgan fingerprint density at radius 2 is 2.00 bits per heavy atom. The predicted molar refractivity (Wildman–Crippen MR) is 72.2 cm³/mol. The Kier molecular flexibility index (Phi) is 3.82. The number of hydrogen-bond acceptors (Lipinski definition) is 3. The first-order valence-electron chi connectivity index (χ1n) is 5.60. The van der Waals surface area contributed by atoms with Gasteiger partial charge in [-0.05, 0) is 37.6 Å². The maximum atomic E-state index is 5.59. The van der Waals surface area contributed by atoms with Crippen LogP contribution >= 0.6 is 11.8 Å². The number of pyridine rings is 1. The Morgan fingerprint density at radius 1 is 1.18 bits per heavy atom. The number of hydrogen-bond donors (Lipinski definition) is 1. The topological polar surface area (TPSA) is 38.9 Å². The van der Waals surface area contributed by atoms with Crippen LogP contribution in [-0.2, 0) is 6.54 Å². The van der Waals surface area contributed by atoms with Crippen molar-refractivity contribution in [2.24, 2.45) is 5.73 Å². The molecule has 0 saturated carbocycles. The van der Waals surface area contributed by atoms with Crippen LogP contribution in [0.3, 0.4) is 0 Å². The lowest BCUT2D eigenvalue weighted by Gasteiger charge is -2.06. The van der Waals surface area contributed by atoms with Crippen molar-refractivity contribution in [1.82, 2.24) is 4.98 Å². The predicted octanol–water partition coefficient (Wildman–Crippen LogP) is 3.31. The molecular formula is C14H16N2S. The number of rotatable bonds is 3. The van der Waals surface area contributed by atoms with Crippen molar-refractivity contribution in [2.75, 3.05) is 0 Å². The molecule has 1 aromatic heterocycles. The van der Waals surface area contributed by atoms with Crippen molar-refractivity contribution >= 4 is 11.8 Å². The SMILES string of the molecule is Cc1ccc(Sc2cccc(CN)n2)c(C)c1. The quantitative estimate of drug-likeness (QED) is 0.900. The highest BCUT2D eigenvalue weighted by Gasteiger charge is 2.03. The lowest BCUT2D eigenvalue weighted by atomic mass is 10.2. The molecule has 0 saturated heterocycles. The molecule has 17 heavy (non-hydrogen) atoms. The Morgan fingerprint density at radius 3 is 2.71 bits per heavy atom. The summed E-state index contributed by atoms with van der Waals surface area (Å²) in [6, 6.07) is 12.4. The van der Waals surface area contributed by atoms with E-state index in [0.29, 0.717) is 6.54 Å². The highest BCUT2D eigenvalue weighted by molar-refractivity contribution is 7.99. The summed E-state index contributed by atoms with van der Waals surface area (Å²) in [5, 5.41) is 1.000. The monoisotopic (exact) mass is 244 g/mol. The average Bonchev–Trinajstić information content (AvgIpc) is 2.33. The van der Waals surface area contributed by atoms with E-state index >= 15 is 0 Å². The van der Waals surface area contributed by atoms with E-state index in [1.54, 1.807) is 11.8 Å². The van der Waals surface area contributed by atoms with Crippen molar-refractivity contribution in [1.29, 1.82) is 0 Å². The van der Waals surface area contributed by atoms with Gasteiger partial charge >= 0.3 is 0 Å². The fourth-order valence-corrected chi connectivity index (χ4v) is 2.55. The number of nitrogens with two attached hydrogens (primary N) is 1. The van der Waals surface area contributed by atoms with Gasteiger partial charge in [0.2, 0.25) is 0 Å². The van der Waals surface area contributed by atoms with Crippen LogP contribution in [0.25, 0.3) is 0 Å². The van der Waals surface area contributed by atoms with Gasteiger partial charge in [-0.3, -0.25) is 0 Å². The molecule has 2 N–H and O–H groups in total. The molecule has 0 bridgehead atoms. The molecule has 3 heteroatoms. The molecule has 88 valence electrons. The molecule has 0 amide bonds. The Labute approximate surface area is 106 Å². The molecule has 0 unspecified atom stereocenters. The molecule has 0 aliphatic heterocycles. The van der Waals surface area contributed by atoms with Crippen molar-refractivity contribution in [3.8, 4) is 0 Å². The summed E-state index contributed by atoms with van der Waals surface area (Å²) >= 11 is 1.69. The Balaban J connectivity index is 2.25. The number of aromatic nitrogens is 1. The van der Waals surface area contributed by atoms with Gasteiger partial charge in [0.05, 0.1) is 5.69 Å². The molecule has 0 radical (unpaired) electrons. The Hall–Kier alpha value is -1.32. The van der Waals surface area contributed by atoms with Gasteiger partial charge in [0.1, 0.15) is 5.03 Å². The third kappa shape index (κ3) is 3.08. The van der Waals surface area contributed by atoms with Gasteiger partial charge in [-0.1, -0.05) is 35.5 Å². The van der Waals surface area contributed by atoms with Gasteiger partial charge in [0, 0.05) is 11.4 Å². The molecule has 1 aromatic carbocycles. The molecule has 0 aliphatic rings. The summed E-state index contributed by atoms with van der Waals surface area (Å²) in [7, 11) is 0. The summed E-state index contributed by atoms with van der Waals surface area (Å²) in [6.07, 6.45) is 0. The minimum atomic E-state index is 0.487. The number of aryl methyl sites for hydroxylation is 2. The number of benzene rings is 1. The van der Waals surface area contributed by atoms with E-state index in [-0.39, 0.29) is 0 Å². The molecule has 2 rings (SSSR count). The lowest BCUT2D eigenvalue weighted by Crippen LogP contribution is -1.99. The zero-order valence-electron chi connectivity index (χ0n) is 10.1. The van der Waals surface area contributed by atoms with Crippen LogP contribution in [0.2, 0.25) is 0 Å². The molecule has 2 nitrogen and oxygen atoms in total. The Bertz CT molecular complexity index is 523. The average molecular weight is 244 g/mol. The summed E-state index contributed by atoms with van der Waals surface area (Å²) in [5.41, 5.74) is 9.09. The molecular weight excluding hydrogens is 228 g/mol. The van der Waals surface area contributed by atoms with E-state index < -0.39 is 0 Å². The first-order chi connectivity index (χ1) is 8.19. The molecule has 0 fully saturated rings. The van der Waals surface area contributed by atoms with Gasteiger partial charge < -0.3 is 5.73 Å². The van der Waals surface area contributed by atoms with Gasteiger partial charge in [-0.2, -0.15) is 0 Å². The standard InChI is InChI=1S/C14H16N2S/c1-10-6-7-13(11(2)8-10)17-14-5-3-4-12(9-15)16-14/h3-8H,9,15H2,1-2H3. The van der Waals surface area contributed by atoms with E-state index in [1.165, 1.54) is 16.0 Å². The highest BCUT2D eigenvalue weighted by Crippen LogP contribution is 2.29. The summed E-state index contributed by atoms with van der Waals surface area (Å²) in [5.74, 6) is 0. The van der Waals surface area contributed by atoms with E-state index in [2.05, 4.69) is 37.0 Å². The molecule has 0 aliphatic carbocycles. The molecule has 1 heterocycles. The normalized spacial score (nSPS) is 10.5. The zero-order valence-corrected chi connectivity index (χ0v) is 10.9. The van der Waals surface area contributed by atoms with E-state index in [1.807, 2.05) is 18.2 Å². The third-order valence-corrected chi connectivity index (χ3v) is 3.65. The minimum Gasteiger partial charge on any atom is -0.325 e. The lowest BCUT2D eigenvalue weighted by molar-refractivity contribution is 0.941. The summed E-state index contributed by atoms with van der Waals surface area (Å²) < 4.78 is 0. The van der Waals surface area contributed by atoms with Crippen molar-refractivity contribution in [3.63, 3.8) is 0 Å². The maximum absolute atomic E-state index is 5.59. The second-order valence-corrected chi connectivity index (χ2v) is 5.10. The van der Waals surface area contributed by atoms with Gasteiger partial charge in [-0.25, -0.2) is 4.98 Å². The van der Waals surface area contributed by atoms with Crippen LogP contribution in [0.15, 0.2) is 46.3 Å². The minimum absolute atomic E-state index is 0.487. The van der Waals surface area contributed by atoms with E-state index in [0.717, 1.165) is 10.7 Å². The fraction of sp³-hybridized carbons (Fsp3) is 0.214. The van der Waals surface area contributed by atoms with Crippen LogP contribution in [-0.4, -0.2) is 4.98 Å². The first-order valence-corrected chi connectivity index (χ1v) is 6.42. The molecule has 0 spiro atoms. The van der Waals surface area contributed by atoms with Crippen LogP contribution < -0.4 is 5.73 Å². The largest absolute Gasteiger partial charge is 0.325 e. The molecule has 0 atom stereocenters. The van der Waals surface area contributed by atoms with Gasteiger partial charge in [-0.15, -0.1) is 0 Å². The van der Waals surface area contributed by atoms with Crippen molar-refractivity contribution in [3.05, 3.63) is 53.2 Å². The van der Waals surface area contributed by atoms with E-state index in [9.17, 15) is 0 Å².